The van der Waals surface area contributed by atoms with Crippen LogP contribution in [0, 0.1) is 0 Å². The molecule has 0 bridgehead atoms. The van der Waals surface area contributed by atoms with Crippen LogP contribution < -0.4 is 0 Å². The fourth-order valence-electron chi connectivity index (χ4n) is 2.08. The van der Waals surface area contributed by atoms with Gasteiger partial charge in [-0.1, -0.05) is 18.2 Å². The van der Waals surface area contributed by atoms with Crippen molar-refractivity contribution in [1.82, 2.24) is 3.97 Å². The largest absolute Gasteiger partial charge is 0.371 e. The van der Waals surface area contributed by atoms with Crippen molar-refractivity contribution in [2.75, 3.05) is 19.2 Å². The molecule has 0 fully saturated rings. The van der Waals surface area contributed by atoms with Crippen molar-refractivity contribution >= 4 is 32.5 Å². The third-order valence-electron chi connectivity index (χ3n) is 3.25. The van der Waals surface area contributed by atoms with E-state index >= 15 is 0 Å². The van der Waals surface area contributed by atoms with Crippen molar-refractivity contribution in [2.24, 2.45) is 0 Å². The summed E-state index contributed by atoms with van der Waals surface area (Å²) in [4.78, 5) is 0. The molecule has 1 aromatic heterocycles. The highest BCUT2D eigenvalue weighted by atomic mass is 35.5. The Hall–Kier alpha value is -1.04. The van der Waals surface area contributed by atoms with Gasteiger partial charge >= 0.3 is 0 Å². The number of para-hydroxylation sites is 1. The number of halogens is 1. The Balaban J connectivity index is 2.89. The Morgan fingerprint density at radius 3 is 2.53 bits per heavy atom. The van der Waals surface area contributed by atoms with Crippen LogP contribution in [0.15, 0.2) is 30.3 Å². The summed E-state index contributed by atoms with van der Waals surface area (Å²) in [5.74, 6) is 0.162. The maximum Gasteiger partial charge on any atom is 0.236 e. The summed E-state index contributed by atoms with van der Waals surface area (Å²) < 4.78 is 30.9. The zero-order chi connectivity index (χ0) is 14.3. The number of hydrogen-bond acceptors (Lipinski definition) is 3. The summed E-state index contributed by atoms with van der Waals surface area (Å²) in [6, 6.07) is 9.11. The van der Waals surface area contributed by atoms with Crippen molar-refractivity contribution < 1.29 is 13.2 Å². The van der Waals surface area contributed by atoms with Crippen molar-refractivity contribution in [3.63, 3.8) is 0 Å². The molecule has 19 heavy (non-hydrogen) atoms. The lowest BCUT2D eigenvalue weighted by Gasteiger charge is -2.26. The Labute approximate surface area is 118 Å². The second kappa shape index (κ2) is 4.81. The number of fused-ring (bicyclic) bond motifs is 1. The fourth-order valence-corrected chi connectivity index (χ4v) is 3.46. The molecule has 0 spiro atoms. The lowest BCUT2D eigenvalue weighted by atomic mass is 10.1. The third kappa shape index (κ3) is 2.38. The molecule has 0 amide bonds. The molecule has 1 heterocycles. The molecule has 2 aromatic rings. The topological polar surface area (TPSA) is 48.3 Å². The second-order valence-electron chi connectivity index (χ2n) is 4.68. The van der Waals surface area contributed by atoms with E-state index in [0.717, 1.165) is 5.39 Å². The summed E-state index contributed by atoms with van der Waals surface area (Å²) in [6.07, 6.45) is 1.17. The van der Waals surface area contributed by atoms with Crippen molar-refractivity contribution in [2.45, 2.75) is 12.5 Å². The van der Waals surface area contributed by atoms with Gasteiger partial charge in [-0.2, -0.15) is 0 Å². The monoisotopic (exact) mass is 301 g/mol. The van der Waals surface area contributed by atoms with Gasteiger partial charge in [-0.3, -0.25) is 0 Å². The van der Waals surface area contributed by atoms with Gasteiger partial charge in [-0.05, 0) is 19.1 Å². The van der Waals surface area contributed by atoms with Crippen LogP contribution in [0.4, 0.5) is 0 Å². The van der Waals surface area contributed by atoms with Gasteiger partial charge < -0.3 is 4.74 Å². The van der Waals surface area contributed by atoms with Crippen molar-refractivity contribution in [3.05, 3.63) is 36.0 Å². The minimum atomic E-state index is -3.44. The fraction of sp³-hybridized carbons (Fsp3) is 0.385. The van der Waals surface area contributed by atoms with Crippen LogP contribution in [-0.4, -0.2) is 31.6 Å². The summed E-state index contributed by atoms with van der Waals surface area (Å²) in [7, 11) is -1.92. The number of aromatic nitrogens is 1. The van der Waals surface area contributed by atoms with Gasteiger partial charge in [-0.15, -0.1) is 11.6 Å². The average Bonchev–Trinajstić information content (AvgIpc) is 2.77. The predicted octanol–water partition coefficient (Wildman–Crippen LogP) is 2.55. The first-order valence-corrected chi connectivity index (χ1v) is 8.14. The Kier molecular flexibility index (Phi) is 3.64. The van der Waals surface area contributed by atoms with Gasteiger partial charge in [0.1, 0.15) is 5.60 Å². The maximum absolute atomic E-state index is 12.1. The highest BCUT2D eigenvalue weighted by Crippen LogP contribution is 2.32. The number of nitrogens with zero attached hydrogens (tertiary/aromatic N) is 1. The number of rotatable bonds is 4. The average molecular weight is 302 g/mol. The first kappa shape index (κ1) is 14.4. The molecule has 2 rings (SSSR count). The molecule has 0 radical (unpaired) electrons. The van der Waals surface area contributed by atoms with Gasteiger partial charge in [0.2, 0.25) is 10.0 Å². The number of methoxy groups -OCH3 is 1. The summed E-state index contributed by atoms with van der Waals surface area (Å²) >= 11 is 5.96. The van der Waals surface area contributed by atoms with E-state index in [4.69, 9.17) is 16.3 Å². The Morgan fingerprint density at radius 1 is 1.37 bits per heavy atom. The van der Waals surface area contributed by atoms with Gasteiger partial charge in [0, 0.05) is 12.5 Å². The minimum Gasteiger partial charge on any atom is -0.371 e. The van der Waals surface area contributed by atoms with E-state index in [1.165, 1.54) is 17.3 Å². The van der Waals surface area contributed by atoms with Crippen molar-refractivity contribution in [3.8, 4) is 0 Å². The molecule has 1 unspecified atom stereocenters. The first-order valence-electron chi connectivity index (χ1n) is 5.76. The molecule has 0 saturated heterocycles. The maximum atomic E-state index is 12.1. The summed E-state index contributed by atoms with van der Waals surface area (Å²) in [5, 5.41) is 0.844. The SMILES string of the molecule is COC(C)(CCl)c1cc2ccccc2n1S(C)(=O)=O. The van der Waals surface area contributed by atoms with E-state index in [0.29, 0.717) is 11.2 Å². The lowest BCUT2D eigenvalue weighted by Crippen LogP contribution is -2.31. The molecule has 1 aromatic carbocycles. The van der Waals surface area contributed by atoms with E-state index in [9.17, 15) is 8.42 Å². The lowest BCUT2D eigenvalue weighted by molar-refractivity contribution is 0.0184. The molecule has 4 nitrogen and oxygen atoms in total. The van der Waals surface area contributed by atoms with Gasteiger partial charge in [0.05, 0.1) is 23.3 Å². The van der Waals surface area contributed by atoms with Crippen LogP contribution in [0.5, 0.6) is 0 Å². The standard InChI is InChI=1S/C13H16ClNO3S/c1-13(9-14,18-2)12-8-10-6-4-5-7-11(10)15(12)19(3,16)17/h4-8H,9H2,1-3H3. The molecule has 0 N–H and O–H groups in total. The Morgan fingerprint density at radius 2 is 2.00 bits per heavy atom. The molecule has 0 saturated carbocycles. The zero-order valence-corrected chi connectivity index (χ0v) is 12.6. The smallest absolute Gasteiger partial charge is 0.236 e. The van der Waals surface area contributed by atoms with E-state index < -0.39 is 15.6 Å². The third-order valence-corrected chi connectivity index (χ3v) is 4.81. The Bertz CT molecular complexity index is 702. The number of hydrogen-bond donors (Lipinski definition) is 0. The molecule has 6 heteroatoms. The normalized spacial score (nSPS) is 15.6. The number of alkyl halides is 1. The van der Waals surface area contributed by atoms with Crippen LogP contribution in [0.25, 0.3) is 10.9 Å². The van der Waals surface area contributed by atoms with Crippen LogP contribution in [-0.2, 0) is 20.4 Å². The molecule has 1 atom stereocenters. The zero-order valence-electron chi connectivity index (χ0n) is 11.1. The molecule has 0 aliphatic rings. The van der Waals surface area contributed by atoms with E-state index in [1.54, 1.807) is 19.1 Å². The van der Waals surface area contributed by atoms with Gasteiger partial charge in [0.25, 0.3) is 0 Å². The van der Waals surface area contributed by atoms with Crippen LogP contribution in [0.1, 0.15) is 12.6 Å². The predicted molar refractivity (Wildman–Crippen MR) is 77.3 cm³/mol. The van der Waals surface area contributed by atoms with E-state index in [-0.39, 0.29) is 5.88 Å². The molecule has 104 valence electrons. The van der Waals surface area contributed by atoms with E-state index in [2.05, 4.69) is 0 Å². The van der Waals surface area contributed by atoms with Crippen LogP contribution in [0.2, 0.25) is 0 Å². The van der Waals surface area contributed by atoms with E-state index in [1.807, 2.05) is 18.2 Å². The summed E-state index contributed by atoms with van der Waals surface area (Å²) in [6.45, 7) is 1.77. The highest BCUT2D eigenvalue weighted by Gasteiger charge is 2.32. The quantitative estimate of drug-likeness (QED) is 0.815. The van der Waals surface area contributed by atoms with Gasteiger partial charge in [0.15, 0.2) is 0 Å². The second-order valence-corrected chi connectivity index (χ2v) is 6.78. The van der Waals surface area contributed by atoms with Crippen molar-refractivity contribution in [1.29, 1.82) is 0 Å². The molecule has 0 aliphatic heterocycles. The van der Waals surface area contributed by atoms with Crippen LogP contribution in [0.3, 0.4) is 0 Å². The first-order chi connectivity index (χ1) is 8.83. The highest BCUT2D eigenvalue weighted by molar-refractivity contribution is 7.89. The molecular formula is C13H16ClNO3S. The minimum absolute atomic E-state index is 0.162. The van der Waals surface area contributed by atoms with Gasteiger partial charge in [-0.25, -0.2) is 12.4 Å². The molecular weight excluding hydrogens is 286 g/mol. The summed E-state index contributed by atoms with van der Waals surface area (Å²) in [5.41, 5.74) is 0.311. The number of ether oxygens (including phenoxy) is 1. The molecule has 0 aliphatic carbocycles. The van der Waals surface area contributed by atoms with Crippen LogP contribution >= 0.6 is 11.6 Å². The number of benzene rings is 1.